The lowest BCUT2D eigenvalue weighted by molar-refractivity contribution is -0.118. The fraction of sp³-hybridized carbons (Fsp3) is 0.250. The Morgan fingerprint density at radius 3 is 2.78 bits per heavy atom. The Labute approximate surface area is 183 Å². The van der Waals surface area contributed by atoms with E-state index in [9.17, 15) is 4.79 Å². The summed E-state index contributed by atoms with van der Waals surface area (Å²) in [4.78, 5) is 22.6. The van der Waals surface area contributed by atoms with E-state index < -0.39 is 5.92 Å². The molecule has 3 aromatic heterocycles. The van der Waals surface area contributed by atoms with Crippen LogP contribution in [0.2, 0.25) is 0 Å². The number of nitrogens with zero attached hydrogens (tertiary/aromatic N) is 4. The molecular weight excluding hydrogens is 406 g/mol. The molecule has 0 saturated heterocycles. The smallest absolute Gasteiger partial charge is 0.228 e. The number of aromatic nitrogens is 4. The number of Topliss-reactive ketones (excluding diaryl/α,β-unsaturated/α-hetero) is 1. The van der Waals surface area contributed by atoms with E-state index in [1.807, 2.05) is 36.4 Å². The van der Waals surface area contributed by atoms with Crippen molar-refractivity contribution in [2.75, 3.05) is 5.73 Å². The summed E-state index contributed by atoms with van der Waals surface area (Å²) >= 11 is 0. The van der Waals surface area contributed by atoms with Crippen LogP contribution in [0.5, 0.6) is 5.88 Å². The number of fused-ring (bicyclic) bond motifs is 3. The second-order valence-corrected chi connectivity index (χ2v) is 9.08. The van der Waals surface area contributed by atoms with Crippen molar-refractivity contribution in [3.8, 4) is 17.3 Å². The molecule has 0 amide bonds. The quantitative estimate of drug-likeness (QED) is 0.479. The van der Waals surface area contributed by atoms with Crippen LogP contribution in [-0.4, -0.2) is 25.4 Å². The van der Waals surface area contributed by atoms with Crippen LogP contribution in [-0.2, 0) is 4.79 Å². The van der Waals surface area contributed by atoms with Gasteiger partial charge in [0.2, 0.25) is 5.88 Å². The summed E-state index contributed by atoms with van der Waals surface area (Å²) in [6, 6.07) is 11.1. The monoisotopic (exact) mass is 427 g/mol. The Kier molecular flexibility index (Phi) is 3.83. The molecule has 4 heterocycles. The number of benzene rings is 1. The van der Waals surface area contributed by atoms with Crippen molar-refractivity contribution in [3.63, 3.8) is 0 Å². The largest absolute Gasteiger partial charge is 0.468 e. The zero-order chi connectivity index (χ0) is 22.0. The second-order valence-electron chi connectivity index (χ2n) is 9.08. The number of allylic oxidation sites excluding steroid dienone is 2. The van der Waals surface area contributed by atoms with Crippen molar-refractivity contribution >= 4 is 17.1 Å². The van der Waals surface area contributed by atoms with Crippen LogP contribution in [0.1, 0.15) is 43.9 Å². The van der Waals surface area contributed by atoms with Crippen molar-refractivity contribution in [1.29, 1.82) is 0 Å². The number of rotatable bonds is 2. The maximum absolute atomic E-state index is 13.3. The molecule has 0 bridgehead atoms. The number of ketones is 1. The second kappa shape index (κ2) is 6.53. The van der Waals surface area contributed by atoms with Crippen LogP contribution < -0.4 is 10.5 Å². The zero-order valence-corrected chi connectivity index (χ0v) is 17.7. The lowest BCUT2D eigenvalue weighted by Gasteiger charge is -2.36. The number of hydrogen-bond acceptors (Lipinski definition) is 7. The highest BCUT2D eigenvalue weighted by molar-refractivity contribution is 6.00. The molecule has 2 aliphatic rings. The van der Waals surface area contributed by atoms with E-state index in [-0.39, 0.29) is 11.2 Å². The summed E-state index contributed by atoms with van der Waals surface area (Å²) < 4.78 is 13.6. The summed E-state index contributed by atoms with van der Waals surface area (Å²) in [7, 11) is 0. The average molecular weight is 427 g/mol. The molecule has 4 aromatic rings. The Bertz CT molecular complexity index is 1410. The average Bonchev–Trinajstić information content (AvgIpc) is 3.41. The number of hydrogen-bond donors (Lipinski definition) is 1. The predicted octanol–water partition coefficient (Wildman–Crippen LogP) is 4.13. The first kappa shape index (κ1) is 18.8. The fourth-order valence-electron chi connectivity index (χ4n) is 4.70. The van der Waals surface area contributed by atoms with E-state index in [1.54, 1.807) is 17.1 Å². The minimum atomic E-state index is -0.464. The Hall–Kier alpha value is -3.94. The van der Waals surface area contributed by atoms with Crippen LogP contribution in [0.25, 0.3) is 17.0 Å². The van der Waals surface area contributed by atoms with Crippen molar-refractivity contribution in [2.45, 2.75) is 32.6 Å². The van der Waals surface area contributed by atoms with Crippen LogP contribution in [0.3, 0.4) is 0 Å². The molecule has 1 aliphatic carbocycles. The summed E-state index contributed by atoms with van der Waals surface area (Å²) in [6.45, 7) is 4.14. The van der Waals surface area contributed by atoms with Crippen LogP contribution in [0.15, 0.2) is 64.7 Å². The summed E-state index contributed by atoms with van der Waals surface area (Å²) in [5.74, 6) is 1.79. The molecular formula is C24H21N5O3. The van der Waals surface area contributed by atoms with Gasteiger partial charge in [0, 0.05) is 29.7 Å². The molecule has 8 nitrogen and oxygen atoms in total. The van der Waals surface area contributed by atoms with Gasteiger partial charge in [0.15, 0.2) is 17.3 Å². The van der Waals surface area contributed by atoms with Gasteiger partial charge in [-0.2, -0.15) is 0 Å². The Balaban J connectivity index is 1.60. The Morgan fingerprint density at radius 2 is 2.00 bits per heavy atom. The highest BCUT2D eigenvalue weighted by atomic mass is 16.5. The van der Waals surface area contributed by atoms with Crippen molar-refractivity contribution in [2.24, 2.45) is 5.41 Å². The predicted molar refractivity (Wildman–Crippen MR) is 117 cm³/mol. The number of nitrogen functional groups attached to an aromatic ring is 1. The number of ether oxygens (including phenoxy) is 1. The number of furan rings is 1. The van der Waals surface area contributed by atoms with Gasteiger partial charge < -0.3 is 14.9 Å². The third-order valence-electron chi connectivity index (χ3n) is 6.09. The SMILES string of the molecule is CC1(C)CC(=O)C2=C(C1)Oc1ncn3nc(-c4ccccc4N)nc3c1C2c1ccco1. The zero-order valence-electron chi connectivity index (χ0n) is 17.7. The number of carbonyl (C=O) groups is 1. The van der Waals surface area contributed by atoms with Crippen molar-refractivity contribution in [1.82, 2.24) is 19.6 Å². The molecule has 8 heteroatoms. The van der Waals surface area contributed by atoms with Crippen LogP contribution in [0.4, 0.5) is 5.69 Å². The van der Waals surface area contributed by atoms with Gasteiger partial charge >= 0.3 is 0 Å². The molecule has 160 valence electrons. The van der Waals surface area contributed by atoms with E-state index in [2.05, 4.69) is 23.9 Å². The summed E-state index contributed by atoms with van der Waals surface area (Å²) in [6.07, 6.45) is 4.27. The highest BCUT2D eigenvalue weighted by Crippen LogP contribution is 2.50. The van der Waals surface area contributed by atoms with Gasteiger partial charge in [0.1, 0.15) is 17.8 Å². The Morgan fingerprint density at radius 1 is 1.16 bits per heavy atom. The van der Waals surface area contributed by atoms with Crippen LogP contribution >= 0.6 is 0 Å². The number of carbonyl (C=O) groups excluding carboxylic acids is 1. The molecule has 0 spiro atoms. The molecule has 1 atom stereocenters. The first-order valence-corrected chi connectivity index (χ1v) is 10.5. The van der Waals surface area contributed by atoms with Crippen LogP contribution in [0, 0.1) is 5.41 Å². The number of anilines is 1. The van der Waals surface area contributed by atoms with Crippen molar-refractivity contribution in [3.05, 3.63) is 71.6 Å². The molecule has 0 radical (unpaired) electrons. The van der Waals surface area contributed by atoms with Crippen molar-refractivity contribution < 1.29 is 13.9 Å². The van der Waals surface area contributed by atoms with Gasteiger partial charge in [-0.15, -0.1) is 5.10 Å². The standard InChI is InChI=1S/C24H21N5O3/c1-24(2)10-15(30)18-17(11-24)32-23-20(19(18)16-8-5-9-31-16)22-27-21(28-29(22)12-26-23)13-6-3-4-7-14(13)25/h3-9,12,19H,10-11,25H2,1-2H3. The van der Waals surface area contributed by atoms with E-state index in [1.165, 1.54) is 0 Å². The fourth-order valence-corrected chi connectivity index (χ4v) is 4.70. The molecule has 2 N–H and O–H groups in total. The number of para-hydroxylation sites is 1. The molecule has 0 fully saturated rings. The number of nitrogens with two attached hydrogens (primary N) is 1. The third kappa shape index (κ3) is 2.76. The maximum atomic E-state index is 13.3. The molecule has 6 rings (SSSR count). The molecule has 1 unspecified atom stereocenters. The topological polar surface area (TPSA) is 109 Å². The third-order valence-corrected chi connectivity index (χ3v) is 6.09. The summed E-state index contributed by atoms with van der Waals surface area (Å²) in [5.41, 5.74) is 9.12. The van der Waals surface area contributed by atoms with Gasteiger partial charge in [-0.3, -0.25) is 4.79 Å². The van der Waals surface area contributed by atoms with E-state index in [0.717, 1.165) is 5.56 Å². The maximum Gasteiger partial charge on any atom is 0.228 e. The minimum Gasteiger partial charge on any atom is -0.468 e. The van der Waals surface area contributed by atoms with Gasteiger partial charge in [-0.05, 0) is 29.7 Å². The molecule has 1 aromatic carbocycles. The molecule has 0 saturated carbocycles. The van der Waals surface area contributed by atoms with E-state index in [0.29, 0.717) is 58.5 Å². The van der Waals surface area contributed by atoms with Gasteiger partial charge in [0.05, 0.1) is 17.7 Å². The highest BCUT2D eigenvalue weighted by Gasteiger charge is 2.45. The lowest BCUT2D eigenvalue weighted by atomic mass is 9.71. The normalized spacial score (nSPS) is 19.6. The van der Waals surface area contributed by atoms with Gasteiger partial charge in [0.25, 0.3) is 0 Å². The summed E-state index contributed by atoms with van der Waals surface area (Å²) in [5, 5.41) is 4.59. The van der Waals surface area contributed by atoms with Gasteiger partial charge in [-0.1, -0.05) is 26.0 Å². The minimum absolute atomic E-state index is 0.0531. The first-order valence-electron chi connectivity index (χ1n) is 10.5. The lowest BCUT2D eigenvalue weighted by Crippen LogP contribution is -2.33. The first-order chi connectivity index (χ1) is 15.4. The van der Waals surface area contributed by atoms with E-state index >= 15 is 0 Å². The molecule has 32 heavy (non-hydrogen) atoms. The molecule has 1 aliphatic heterocycles. The van der Waals surface area contributed by atoms with E-state index in [4.69, 9.17) is 19.9 Å². The van der Waals surface area contributed by atoms with Gasteiger partial charge in [-0.25, -0.2) is 14.5 Å².